The summed E-state index contributed by atoms with van der Waals surface area (Å²) in [6.07, 6.45) is 0. The Morgan fingerprint density at radius 2 is 1.97 bits per heavy atom. The van der Waals surface area contributed by atoms with Crippen LogP contribution in [0, 0.1) is 13.8 Å². The van der Waals surface area contributed by atoms with Gasteiger partial charge in [0.2, 0.25) is 4.96 Å². The van der Waals surface area contributed by atoms with Crippen LogP contribution in [0.1, 0.15) is 26.5 Å². The van der Waals surface area contributed by atoms with E-state index < -0.39 is 0 Å². The van der Waals surface area contributed by atoms with Gasteiger partial charge in [-0.15, -0.1) is 5.10 Å². The lowest BCUT2D eigenvalue weighted by Crippen LogP contribution is -2.32. The van der Waals surface area contributed by atoms with E-state index in [4.69, 9.17) is 4.74 Å². The number of thiazole rings is 1. The minimum atomic E-state index is -0.242. The van der Waals surface area contributed by atoms with Crippen molar-refractivity contribution >= 4 is 44.6 Å². The van der Waals surface area contributed by atoms with Gasteiger partial charge in [-0.2, -0.15) is 4.98 Å². The van der Waals surface area contributed by atoms with Crippen LogP contribution in [0.15, 0.2) is 60.7 Å². The Kier molecular flexibility index (Phi) is 4.55. The molecular formula is C25H21N5O2S. The molecule has 8 heteroatoms. The predicted octanol–water partition coefficient (Wildman–Crippen LogP) is 5.17. The number of amides is 1. The van der Waals surface area contributed by atoms with Crippen molar-refractivity contribution in [3.63, 3.8) is 0 Å². The molecule has 1 amide bonds. The quantitative estimate of drug-likeness (QED) is 0.406. The summed E-state index contributed by atoms with van der Waals surface area (Å²) in [6, 6.07) is 20.0. The molecule has 0 bridgehead atoms. The number of rotatable bonds is 3. The van der Waals surface area contributed by atoms with Crippen LogP contribution in [0.25, 0.3) is 15.7 Å². The van der Waals surface area contributed by atoms with Crippen LogP contribution in [-0.4, -0.2) is 27.2 Å². The van der Waals surface area contributed by atoms with E-state index in [1.54, 1.807) is 21.9 Å². The van der Waals surface area contributed by atoms with E-state index in [1.807, 2.05) is 50.2 Å². The zero-order valence-corrected chi connectivity index (χ0v) is 19.0. The number of nitrogens with zero attached hydrogens (tertiary/aromatic N) is 4. The molecule has 1 aliphatic rings. The summed E-state index contributed by atoms with van der Waals surface area (Å²) in [7, 11) is 0. The Hall–Kier alpha value is -3.91. The van der Waals surface area contributed by atoms with Crippen LogP contribution in [0.3, 0.4) is 0 Å². The normalized spacial score (nSPS) is 13.2. The van der Waals surface area contributed by atoms with Crippen molar-refractivity contribution in [2.75, 3.05) is 16.9 Å². The van der Waals surface area contributed by atoms with E-state index in [0.29, 0.717) is 24.8 Å². The van der Waals surface area contributed by atoms with E-state index in [1.165, 1.54) is 10.8 Å². The van der Waals surface area contributed by atoms with Gasteiger partial charge in [-0.1, -0.05) is 47.7 Å². The van der Waals surface area contributed by atoms with E-state index in [0.717, 1.165) is 32.5 Å². The molecule has 1 aliphatic heterocycles. The second-order valence-electron chi connectivity index (χ2n) is 8.11. The van der Waals surface area contributed by atoms with Crippen molar-refractivity contribution in [3.8, 4) is 5.75 Å². The molecule has 0 saturated heterocycles. The standard InChI is InChI=1S/C25H21N5O2S/c1-15-16(2)33-25-27-24(28-30(15)25)26-23(31)18-7-5-8-19(12-18)29-13-21-20-9-4-3-6-17(20)10-11-22(21)32-14-29/h3-12H,13-14H2,1-2H3,(H,26,28,31). The zero-order chi connectivity index (χ0) is 22.5. The van der Waals surface area contributed by atoms with Gasteiger partial charge in [-0.3, -0.25) is 10.1 Å². The molecule has 0 aliphatic carbocycles. The number of benzene rings is 3. The molecule has 33 heavy (non-hydrogen) atoms. The van der Waals surface area contributed by atoms with Gasteiger partial charge in [0.1, 0.15) is 5.75 Å². The Morgan fingerprint density at radius 1 is 1.09 bits per heavy atom. The zero-order valence-electron chi connectivity index (χ0n) is 18.2. The topological polar surface area (TPSA) is 71.8 Å². The van der Waals surface area contributed by atoms with Crippen LogP contribution < -0.4 is 15.0 Å². The molecule has 0 radical (unpaired) electrons. The first-order chi connectivity index (χ1) is 16.1. The molecule has 3 heterocycles. The largest absolute Gasteiger partial charge is 0.473 e. The number of aryl methyl sites for hydroxylation is 2. The van der Waals surface area contributed by atoms with Crippen LogP contribution in [-0.2, 0) is 6.54 Å². The molecule has 164 valence electrons. The van der Waals surface area contributed by atoms with Gasteiger partial charge in [-0.25, -0.2) is 4.52 Å². The van der Waals surface area contributed by atoms with Crippen molar-refractivity contribution in [1.82, 2.24) is 14.6 Å². The molecule has 0 unspecified atom stereocenters. The number of anilines is 2. The number of nitrogens with one attached hydrogen (secondary N) is 1. The van der Waals surface area contributed by atoms with Crippen molar-refractivity contribution in [2.24, 2.45) is 0 Å². The summed E-state index contributed by atoms with van der Waals surface area (Å²) >= 11 is 1.56. The number of fused-ring (bicyclic) bond motifs is 4. The minimum absolute atomic E-state index is 0.242. The molecule has 2 aromatic heterocycles. The van der Waals surface area contributed by atoms with Gasteiger partial charge in [0, 0.05) is 21.7 Å². The molecular weight excluding hydrogens is 434 g/mol. The van der Waals surface area contributed by atoms with Crippen molar-refractivity contribution in [2.45, 2.75) is 20.4 Å². The highest BCUT2D eigenvalue weighted by molar-refractivity contribution is 7.17. The Labute approximate surface area is 194 Å². The highest BCUT2D eigenvalue weighted by Crippen LogP contribution is 2.34. The molecule has 0 atom stereocenters. The number of hydrogen-bond acceptors (Lipinski definition) is 6. The summed E-state index contributed by atoms with van der Waals surface area (Å²) in [5, 5.41) is 9.62. The van der Waals surface area contributed by atoms with Gasteiger partial charge in [-0.05, 0) is 48.9 Å². The summed E-state index contributed by atoms with van der Waals surface area (Å²) in [4.78, 5) is 21.4. The Bertz CT molecular complexity index is 1540. The number of hydrogen-bond donors (Lipinski definition) is 1. The number of carbonyl (C=O) groups is 1. The van der Waals surface area contributed by atoms with Crippen LogP contribution in [0.4, 0.5) is 11.6 Å². The lowest BCUT2D eigenvalue weighted by molar-refractivity contribution is 0.102. The monoisotopic (exact) mass is 455 g/mol. The van der Waals surface area contributed by atoms with Gasteiger partial charge < -0.3 is 9.64 Å². The average molecular weight is 456 g/mol. The van der Waals surface area contributed by atoms with Gasteiger partial charge in [0.15, 0.2) is 6.73 Å². The highest BCUT2D eigenvalue weighted by atomic mass is 32.1. The van der Waals surface area contributed by atoms with E-state index >= 15 is 0 Å². The first-order valence-corrected chi connectivity index (χ1v) is 11.5. The fraction of sp³-hybridized carbons (Fsp3) is 0.160. The lowest BCUT2D eigenvalue weighted by atomic mass is 10.0. The first kappa shape index (κ1) is 19.8. The number of carbonyl (C=O) groups excluding carboxylic acids is 1. The van der Waals surface area contributed by atoms with Gasteiger partial charge >= 0.3 is 0 Å². The van der Waals surface area contributed by atoms with Gasteiger partial charge in [0.25, 0.3) is 11.9 Å². The van der Waals surface area contributed by atoms with Crippen molar-refractivity contribution < 1.29 is 9.53 Å². The summed E-state index contributed by atoms with van der Waals surface area (Å²) in [5.74, 6) is 0.977. The minimum Gasteiger partial charge on any atom is -0.473 e. The first-order valence-electron chi connectivity index (χ1n) is 10.7. The maximum absolute atomic E-state index is 12.9. The molecule has 1 N–H and O–H groups in total. The predicted molar refractivity (Wildman–Crippen MR) is 130 cm³/mol. The number of ether oxygens (including phenoxy) is 1. The molecule has 3 aromatic carbocycles. The maximum atomic E-state index is 12.9. The number of aromatic nitrogens is 3. The highest BCUT2D eigenvalue weighted by Gasteiger charge is 2.21. The molecule has 6 rings (SSSR count). The van der Waals surface area contributed by atoms with E-state index in [-0.39, 0.29) is 5.91 Å². The van der Waals surface area contributed by atoms with Crippen molar-refractivity contribution in [1.29, 1.82) is 0 Å². The fourth-order valence-electron chi connectivity index (χ4n) is 4.18. The lowest BCUT2D eigenvalue weighted by Gasteiger charge is -2.31. The smallest absolute Gasteiger partial charge is 0.258 e. The molecule has 0 fully saturated rings. The second kappa shape index (κ2) is 7.60. The van der Waals surface area contributed by atoms with E-state index in [2.05, 4.69) is 38.5 Å². The molecule has 0 spiro atoms. The van der Waals surface area contributed by atoms with Gasteiger partial charge in [0.05, 0.1) is 12.2 Å². The third-order valence-electron chi connectivity index (χ3n) is 6.07. The van der Waals surface area contributed by atoms with Crippen molar-refractivity contribution in [3.05, 3.63) is 82.4 Å². The van der Waals surface area contributed by atoms with Crippen LogP contribution in [0.5, 0.6) is 5.75 Å². The SMILES string of the molecule is Cc1sc2nc(NC(=O)c3cccc(N4COc5ccc6ccccc6c5C4)c3)nn2c1C. The third-order valence-corrected chi connectivity index (χ3v) is 7.12. The fourth-order valence-corrected chi connectivity index (χ4v) is 5.08. The Balaban J connectivity index is 1.25. The summed E-state index contributed by atoms with van der Waals surface area (Å²) < 4.78 is 7.81. The molecule has 0 saturated carbocycles. The average Bonchev–Trinajstić information content (AvgIpc) is 3.36. The third kappa shape index (κ3) is 3.39. The van der Waals surface area contributed by atoms with E-state index in [9.17, 15) is 4.79 Å². The summed E-state index contributed by atoms with van der Waals surface area (Å²) in [6.45, 7) is 5.16. The molecule has 5 aromatic rings. The van der Waals surface area contributed by atoms with Crippen LogP contribution >= 0.6 is 11.3 Å². The molecule has 7 nitrogen and oxygen atoms in total. The Morgan fingerprint density at radius 3 is 2.85 bits per heavy atom. The maximum Gasteiger partial charge on any atom is 0.258 e. The second-order valence-corrected chi connectivity index (χ2v) is 9.29. The van der Waals surface area contributed by atoms with Crippen LogP contribution in [0.2, 0.25) is 0 Å². The summed E-state index contributed by atoms with van der Waals surface area (Å²) in [5.41, 5.74) is 3.65.